The number of rotatable bonds is 3. The van der Waals surface area contributed by atoms with Gasteiger partial charge in [0.25, 0.3) is 5.91 Å². The molecule has 1 N–H and O–H groups in total. The second-order valence-electron chi connectivity index (χ2n) is 6.33. The highest BCUT2D eigenvalue weighted by Crippen LogP contribution is 2.26. The molecule has 0 radical (unpaired) electrons. The highest BCUT2D eigenvalue weighted by molar-refractivity contribution is 5.92. The smallest absolute Gasteiger partial charge is 0.274 e. The van der Waals surface area contributed by atoms with E-state index < -0.39 is 0 Å². The van der Waals surface area contributed by atoms with Crippen LogP contribution < -0.4 is 5.32 Å². The van der Waals surface area contributed by atoms with Gasteiger partial charge in [0, 0.05) is 42.8 Å². The summed E-state index contributed by atoms with van der Waals surface area (Å²) in [6.07, 6.45) is 11.5. The third kappa shape index (κ3) is 2.93. The van der Waals surface area contributed by atoms with Crippen LogP contribution in [0.5, 0.6) is 0 Å². The van der Waals surface area contributed by atoms with Crippen LogP contribution in [0, 0.1) is 0 Å². The summed E-state index contributed by atoms with van der Waals surface area (Å²) in [5.74, 6) is 0.888. The van der Waals surface area contributed by atoms with Crippen molar-refractivity contribution >= 4 is 11.7 Å². The average Bonchev–Trinajstić information content (AvgIpc) is 3.12. The van der Waals surface area contributed by atoms with Crippen LogP contribution in [0.3, 0.4) is 0 Å². The third-order valence-electron chi connectivity index (χ3n) is 4.71. The number of hydrogen-bond donors (Lipinski definition) is 1. The Hall–Kier alpha value is -2.57. The molecule has 1 atom stereocenters. The quantitative estimate of drug-likeness (QED) is 0.920. The highest BCUT2D eigenvalue weighted by atomic mass is 16.2. The molecule has 24 heavy (non-hydrogen) atoms. The summed E-state index contributed by atoms with van der Waals surface area (Å²) in [5.41, 5.74) is 2.81. The van der Waals surface area contributed by atoms with E-state index in [1.807, 2.05) is 4.90 Å². The number of piperidine rings is 1. The van der Waals surface area contributed by atoms with Crippen molar-refractivity contribution in [3.63, 3.8) is 0 Å². The van der Waals surface area contributed by atoms with E-state index in [0.717, 1.165) is 50.2 Å². The molecule has 0 aromatic carbocycles. The predicted molar refractivity (Wildman–Crippen MR) is 88.6 cm³/mol. The largest absolute Gasteiger partial charge is 0.365 e. The lowest BCUT2D eigenvalue weighted by atomic mass is 10.0. The molecule has 1 fully saturated rings. The van der Waals surface area contributed by atoms with Crippen LogP contribution in [0.25, 0.3) is 0 Å². The van der Waals surface area contributed by atoms with Gasteiger partial charge in [-0.15, -0.1) is 0 Å². The molecular weight excluding hydrogens is 304 g/mol. The molecule has 1 unspecified atom stereocenters. The van der Waals surface area contributed by atoms with Crippen LogP contribution in [0.15, 0.2) is 24.9 Å². The number of aryl methyl sites for hydroxylation is 1. The number of hydrogen-bond acceptors (Lipinski definition) is 6. The topological polar surface area (TPSA) is 83.9 Å². The number of aromatic nitrogens is 4. The number of fused-ring (bicyclic) bond motifs is 1. The van der Waals surface area contributed by atoms with Gasteiger partial charge in [-0.25, -0.2) is 15.0 Å². The first-order valence-corrected chi connectivity index (χ1v) is 8.46. The van der Waals surface area contributed by atoms with Crippen LogP contribution in [0.4, 0.5) is 5.82 Å². The van der Waals surface area contributed by atoms with Gasteiger partial charge in [-0.1, -0.05) is 0 Å². The van der Waals surface area contributed by atoms with Crippen molar-refractivity contribution in [1.82, 2.24) is 24.8 Å². The van der Waals surface area contributed by atoms with Gasteiger partial charge in [0.15, 0.2) is 0 Å². The van der Waals surface area contributed by atoms with Crippen molar-refractivity contribution in [2.45, 2.75) is 38.1 Å². The molecule has 7 nitrogen and oxygen atoms in total. The third-order valence-corrected chi connectivity index (χ3v) is 4.71. The minimum Gasteiger partial charge on any atom is -0.365 e. The van der Waals surface area contributed by atoms with Crippen LogP contribution in [0.1, 0.15) is 41.0 Å². The Morgan fingerprint density at radius 1 is 1.17 bits per heavy atom. The van der Waals surface area contributed by atoms with Gasteiger partial charge in [-0.05, 0) is 32.1 Å². The van der Waals surface area contributed by atoms with Crippen molar-refractivity contribution < 1.29 is 4.79 Å². The average molecular weight is 324 g/mol. The van der Waals surface area contributed by atoms with Crippen LogP contribution in [0.2, 0.25) is 0 Å². The predicted octanol–water partition coefficient (Wildman–Crippen LogP) is 1.47. The summed E-state index contributed by atoms with van der Waals surface area (Å²) in [6, 6.07) is 0.207. The molecule has 0 bridgehead atoms. The molecule has 7 heteroatoms. The van der Waals surface area contributed by atoms with Crippen molar-refractivity contribution in [2.24, 2.45) is 0 Å². The summed E-state index contributed by atoms with van der Waals surface area (Å²) >= 11 is 0. The lowest BCUT2D eigenvalue weighted by molar-refractivity contribution is 0.0708. The van der Waals surface area contributed by atoms with Crippen LogP contribution in [-0.2, 0) is 12.8 Å². The fourth-order valence-corrected chi connectivity index (χ4v) is 3.53. The minimum absolute atomic E-state index is 0.0532. The number of anilines is 1. The molecule has 2 aromatic rings. The Bertz CT molecular complexity index is 735. The maximum atomic E-state index is 12.6. The molecule has 3 heterocycles. The van der Waals surface area contributed by atoms with Gasteiger partial charge in [-0.3, -0.25) is 9.78 Å². The van der Waals surface area contributed by atoms with E-state index in [2.05, 4.69) is 25.3 Å². The molecule has 2 aliphatic rings. The number of carbonyl (C=O) groups is 1. The SMILES string of the molecule is O=C(c1cnccn1)N1CCCC(Nc2ncnc3c2CCC3)C1. The zero-order chi connectivity index (χ0) is 16.4. The highest BCUT2D eigenvalue weighted by Gasteiger charge is 2.27. The molecule has 1 aliphatic carbocycles. The van der Waals surface area contributed by atoms with E-state index in [9.17, 15) is 4.79 Å². The van der Waals surface area contributed by atoms with Crippen molar-refractivity contribution in [1.29, 1.82) is 0 Å². The van der Waals surface area contributed by atoms with Gasteiger partial charge in [0.2, 0.25) is 0 Å². The number of nitrogens with zero attached hydrogens (tertiary/aromatic N) is 5. The van der Waals surface area contributed by atoms with Gasteiger partial charge in [0.1, 0.15) is 17.8 Å². The van der Waals surface area contributed by atoms with E-state index in [1.54, 1.807) is 18.7 Å². The Morgan fingerprint density at radius 3 is 3.00 bits per heavy atom. The molecular formula is C17H20N6O. The van der Waals surface area contributed by atoms with Gasteiger partial charge >= 0.3 is 0 Å². The van der Waals surface area contributed by atoms with E-state index in [4.69, 9.17) is 0 Å². The van der Waals surface area contributed by atoms with Crippen LogP contribution in [-0.4, -0.2) is 49.9 Å². The first-order chi connectivity index (χ1) is 11.8. The monoisotopic (exact) mass is 324 g/mol. The number of carbonyl (C=O) groups excluding carboxylic acids is 1. The molecule has 2 aromatic heterocycles. The Morgan fingerprint density at radius 2 is 2.12 bits per heavy atom. The Balaban J connectivity index is 1.46. The van der Waals surface area contributed by atoms with Gasteiger partial charge in [0.05, 0.1) is 6.20 Å². The zero-order valence-corrected chi connectivity index (χ0v) is 13.5. The number of nitrogens with one attached hydrogen (secondary N) is 1. The maximum absolute atomic E-state index is 12.6. The van der Waals surface area contributed by atoms with E-state index in [0.29, 0.717) is 12.2 Å². The fourth-order valence-electron chi connectivity index (χ4n) is 3.53. The number of likely N-dealkylation sites (tertiary alicyclic amines) is 1. The first kappa shape index (κ1) is 15.0. The summed E-state index contributed by atoms with van der Waals surface area (Å²) in [7, 11) is 0. The lowest BCUT2D eigenvalue weighted by Gasteiger charge is -2.33. The fraction of sp³-hybridized carbons (Fsp3) is 0.471. The molecule has 1 saturated heterocycles. The lowest BCUT2D eigenvalue weighted by Crippen LogP contribution is -2.45. The first-order valence-electron chi connectivity index (χ1n) is 8.46. The minimum atomic E-state index is -0.0532. The molecule has 4 rings (SSSR count). The van der Waals surface area contributed by atoms with Gasteiger partial charge < -0.3 is 10.2 Å². The second-order valence-corrected chi connectivity index (χ2v) is 6.33. The molecule has 1 amide bonds. The van der Waals surface area contributed by atoms with Crippen molar-refractivity contribution in [3.05, 3.63) is 41.9 Å². The Kier molecular flexibility index (Phi) is 4.06. The Labute approximate surface area is 140 Å². The van der Waals surface area contributed by atoms with Gasteiger partial charge in [-0.2, -0.15) is 0 Å². The summed E-state index contributed by atoms with van der Waals surface area (Å²) in [6.45, 7) is 1.42. The van der Waals surface area contributed by atoms with E-state index >= 15 is 0 Å². The standard InChI is InChI=1S/C17H20N6O/c24-17(15-9-18-6-7-19-15)23-8-2-3-12(10-23)22-16-13-4-1-5-14(13)20-11-21-16/h6-7,9,11-12H,1-5,8,10H2,(H,20,21,22). The molecule has 124 valence electrons. The van der Waals surface area contributed by atoms with Crippen LogP contribution >= 0.6 is 0 Å². The second kappa shape index (κ2) is 6.51. The molecule has 0 spiro atoms. The normalized spacial score (nSPS) is 19.8. The summed E-state index contributed by atoms with van der Waals surface area (Å²) in [5, 5.41) is 3.54. The summed E-state index contributed by atoms with van der Waals surface area (Å²) < 4.78 is 0. The number of amides is 1. The summed E-state index contributed by atoms with van der Waals surface area (Å²) in [4.78, 5) is 31.3. The maximum Gasteiger partial charge on any atom is 0.274 e. The zero-order valence-electron chi connectivity index (χ0n) is 13.5. The van der Waals surface area contributed by atoms with E-state index in [1.165, 1.54) is 11.8 Å². The van der Waals surface area contributed by atoms with Crippen molar-refractivity contribution in [3.8, 4) is 0 Å². The molecule has 0 saturated carbocycles. The van der Waals surface area contributed by atoms with Crippen molar-refractivity contribution in [2.75, 3.05) is 18.4 Å². The van der Waals surface area contributed by atoms with E-state index in [-0.39, 0.29) is 11.9 Å². The molecule has 1 aliphatic heterocycles.